The Kier molecular flexibility index (Phi) is 4.28. The van der Waals surface area contributed by atoms with E-state index in [4.69, 9.17) is 14.6 Å². The van der Waals surface area contributed by atoms with Crippen LogP contribution in [0.3, 0.4) is 0 Å². The Balaban J connectivity index is 2.72. The van der Waals surface area contributed by atoms with Crippen LogP contribution in [0.5, 0.6) is 0 Å². The summed E-state index contributed by atoms with van der Waals surface area (Å²) in [7, 11) is 0. The molecule has 4 N–H and O–H groups in total. The molecule has 1 rings (SSSR count). The largest absolute Gasteiger partial charge is 0.394 e. The Hall–Kier alpha value is -0.240. The zero-order valence-electron chi connectivity index (χ0n) is 9.70. The van der Waals surface area contributed by atoms with E-state index in [-0.39, 0.29) is 0 Å². The van der Waals surface area contributed by atoms with Crippen LogP contribution in [0.15, 0.2) is 0 Å². The lowest BCUT2D eigenvalue weighted by atomic mass is 9.98. The van der Waals surface area contributed by atoms with Gasteiger partial charge in [0, 0.05) is 0 Å². The van der Waals surface area contributed by atoms with Gasteiger partial charge in [0.15, 0.2) is 6.29 Å². The van der Waals surface area contributed by atoms with Crippen LogP contribution >= 0.6 is 0 Å². The second kappa shape index (κ2) is 4.95. The molecule has 5 atom stereocenters. The predicted octanol–water partition coefficient (Wildman–Crippen LogP) is -1.40. The molecule has 16 heavy (non-hydrogen) atoms. The summed E-state index contributed by atoms with van der Waals surface area (Å²) in [5.74, 6) is 0. The molecular weight excluding hydrogens is 216 g/mol. The zero-order chi connectivity index (χ0) is 12.5. The summed E-state index contributed by atoms with van der Waals surface area (Å²) in [4.78, 5) is 0. The lowest BCUT2D eigenvalue weighted by Crippen LogP contribution is -2.60. The summed E-state index contributed by atoms with van der Waals surface area (Å²) in [6.45, 7) is 4.81. The molecule has 0 aromatic heterocycles. The zero-order valence-corrected chi connectivity index (χ0v) is 9.70. The van der Waals surface area contributed by atoms with Crippen molar-refractivity contribution in [2.45, 2.75) is 57.1 Å². The lowest BCUT2D eigenvalue weighted by Gasteiger charge is -2.42. The van der Waals surface area contributed by atoms with Crippen molar-refractivity contribution in [2.24, 2.45) is 0 Å². The third-order valence-electron chi connectivity index (χ3n) is 2.33. The molecule has 0 aromatic rings. The fraction of sp³-hybridized carbons (Fsp3) is 1.00. The average Bonchev–Trinajstić information content (AvgIpc) is 2.17. The predicted molar refractivity (Wildman–Crippen MR) is 54.6 cm³/mol. The number of rotatable bonds is 2. The molecule has 1 saturated heterocycles. The first-order valence-corrected chi connectivity index (χ1v) is 5.24. The second-order valence-electron chi connectivity index (χ2n) is 4.92. The maximum absolute atomic E-state index is 9.75. The SMILES string of the molecule is CC(C)(C)OC1[C@@H](O)[C@H](O)C(CO)O[C@@H]1O. The van der Waals surface area contributed by atoms with Crippen LogP contribution in [0.4, 0.5) is 0 Å². The third kappa shape index (κ3) is 3.13. The number of ether oxygens (including phenoxy) is 2. The summed E-state index contributed by atoms with van der Waals surface area (Å²) in [5, 5.41) is 37.8. The van der Waals surface area contributed by atoms with Crippen molar-refractivity contribution in [2.75, 3.05) is 6.61 Å². The molecule has 0 spiro atoms. The van der Waals surface area contributed by atoms with Gasteiger partial charge in [-0.15, -0.1) is 0 Å². The molecule has 1 aliphatic heterocycles. The fourth-order valence-electron chi connectivity index (χ4n) is 1.61. The molecular formula is C10H20O6. The van der Waals surface area contributed by atoms with Crippen molar-refractivity contribution < 1.29 is 29.9 Å². The summed E-state index contributed by atoms with van der Waals surface area (Å²) >= 11 is 0. The van der Waals surface area contributed by atoms with E-state index >= 15 is 0 Å². The van der Waals surface area contributed by atoms with Crippen molar-refractivity contribution in [1.82, 2.24) is 0 Å². The molecule has 2 unspecified atom stereocenters. The Bertz CT molecular complexity index is 226. The molecule has 6 nitrogen and oxygen atoms in total. The van der Waals surface area contributed by atoms with Gasteiger partial charge in [-0.2, -0.15) is 0 Å². The lowest BCUT2D eigenvalue weighted by molar-refractivity contribution is -0.310. The summed E-state index contributed by atoms with van der Waals surface area (Å²) < 4.78 is 10.3. The van der Waals surface area contributed by atoms with Crippen LogP contribution in [-0.2, 0) is 9.47 Å². The quantitative estimate of drug-likeness (QED) is 0.471. The third-order valence-corrected chi connectivity index (χ3v) is 2.33. The standard InChI is InChI=1S/C10H20O6/c1-10(2,3)16-8-7(13)6(12)5(4-11)15-9(8)14/h5-9,11-14H,4H2,1-3H3/t5?,6-,7+,8?,9+/m1/s1. The minimum atomic E-state index is -1.37. The molecule has 0 saturated carbocycles. The molecule has 0 amide bonds. The Morgan fingerprint density at radius 1 is 1.12 bits per heavy atom. The van der Waals surface area contributed by atoms with Crippen LogP contribution in [0.25, 0.3) is 0 Å². The van der Waals surface area contributed by atoms with E-state index < -0.39 is 42.9 Å². The van der Waals surface area contributed by atoms with Gasteiger partial charge in [-0.05, 0) is 20.8 Å². The first kappa shape index (κ1) is 13.8. The molecule has 0 aliphatic carbocycles. The second-order valence-corrected chi connectivity index (χ2v) is 4.92. The van der Waals surface area contributed by atoms with Crippen molar-refractivity contribution >= 4 is 0 Å². The van der Waals surface area contributed by atoms with E-state index in [1.165, 1.54) is 0 Å². The normalized spacial score (nSPS) is 41.1. The minimum absolute atomic E-state index is 0.475. The monoisotopic (exact) mass is 236 g/mol. The van der Waals surface area contributed by atoms with Crippen LogP contribution in [0.2, 0.25) is 0 Å². The molecule has 0 radical (unpaired) electrons. The first-order valence-electron chi connectivity index (χ1n) is 5.24. The Labute approximate surface area is 94.4 Å². The summed E-state index contributed by atoms with van der Waals surface area (Å²) in [6.07, 6.45) is -5.96. The summed E-state index contributed by atoms with van der Waals surface area (Å²) in [6, 6.07) is 0. The summed E-state index contributed by atoms with van der Waals surface area (Å²) in [5.41, 5.74) is -0.582. The van der Waals surface area contributed by atoms with Gasteiger partial charge in [0.2, 0.25) is 0 Å². The maximum Gasteiger partial charge on any atom is 0.184 e. The van der Waals surface area contributed by atoms with Crippen molar-refractivity contribution in [1.29, 1.82) is 0 Å². The van der Waals surface area contributed by atoms with Gasteiger partial charge in [-0.1, -0.05) is 0 Å². The average molecular weight is 236 g/mol. The number of hydrogen-bond acceptors (Lipinski definition) is 6. The minimum Gasteiger partial charge on any atom is -0.394 e. The fourth-order valence-corrected chi connectivity index (χ4v) is 1.61. The van der Waals surface area contributed by atoms with E-state index in [1.807, 2.05) is 0 Å². The van der Waals surface area contributed by atoms with E-state index in [0.29, 0.717) is 0 Å². The van der Waals surface area contributed by atoms with E-state index in [9.17, 15) is 15.3 Å². The molecule has 1 heterocycles. The van der Waals surface area contributed by atoms with Crippen LogP contribution < -0.4 is 0 Å². The van der Waals surface area contributed by atoms with Gasteiger partial charge in [-0.25, -0.2) is 0 Å². The first-order chi connectivity index (χ1) is 7.26. The molecule has 6 heteroatoms. The number of hydrogen-bond donors (Lipinski definition) is 4. The Morgan fingerprint density at radius 2 is 1.69 bits per heavy atom. The highest BCUT2D eigenvalue weighted by atomic mass is 16.7. The highest BCUT2D eigenvalue weighted by molar-refractivity contribution is 4.90. The maximum atomic E-state index is 9.75. The van der Waals surface area contributed by atoms with Gasteiger partial charge in [0.1, 0.15) is 24.4 Å². The van der Waals surface area contributed by atoms with Gasteiger partial charge in [0.05, 0.1) is 12.2 Å². The molecule has 1 aliphatic rings. The van der Waals surface area contributed by atoms with E-state index in [2.05, 4.69) is 0 Å². The number of aliphatic hydroxyl groups excluding tert-OH is 4. The van der Waals surface area contributed by atoms with Gasteiger partial charge in [0.25, 0.3) is 0 Å². The smallest absolute Gasteiger partial charge is 0.184 e. The van der Waals surface area contributed by atoms with Crippen LogP contribution in [-0.4, -0.2) is 63.3 Å². The highest BCUT2D eigenvalue weighted by Gasteiger charge is 2.45. The van der Waals surface area contributed by atoms with Gasteiger partial charge >= 0.3 is 0 Å². The van der Waals surface area contributed by atoms with Crippen molar-refractivity contribution in [3.63, 3.8) is 0 Å². The van der Waals surface area contributed by atoms with Crippen LogP contribution in [0.1, 0.15) is 20.8 Å². The van der Waals surface area contributed by atoms with Gasteiger partial charge < -0.3 is 29.9 Å². The van der Waals surface area contributed by atoms with Crippen molar-refractivity contribution in [3.8, 4) is 0 Å². The van der Waals surface area contributed by atoms with Crippen molar-refractivity contribution in [3.05, 3.63) is 0 Å². The molecule has 0 aromatic carbocycles. The number of aliphatic hydroxyl groups is 4. The van der Waals surface area contributed by atoms with Gasteiger partial charge in [-0.3, -0.25) is 0 Å². The highest BCUT2D eigenvalue weighted by Crippen LogP contribution is 2.25. The topological polar surface area (TPSA) is 99.4 Å². The molecule has 1 fully saturated rings. The molecule has 96 valence electrons. The molecule has 0 bridgehead atoms. The van der Waals surface area contributed by atoms with Crippen LogP contribution in [0, 0.1) is 0 Å². The Morgan fingerprint density at radius 3 is 2.12 bits per heavy atom. The van der Waals surface area contributed by atoms with E-state index in [0.717, 1.165) is 0 Å². The van der Waals surface area contributed by atoms with E-state index in [1.54, 1.807) is 20.8 Å².